The Morgan fingerprint density at radius 1 is 0.944 bits per heavy atom. The van der Waals surface area contributed by atoms with E-state index in [1.807, 2.05) is 60.7 Å². The maximum atomic E-state index is 13.0. The van der Waals surface area contributed by atoms with E-state index in [4.69, 9.17) is 9.05 Å². The van der Waals surface area contributed by atoms with Gasteiger partial charge in [-0.15, -0.1) is 0 Å². The van der Waals surface area contributed by atoms with Crippen molar-refractivity contribution in [2.45, 2.75) is 59.0 Å². The van der Waals surface area contributed by atoms with E-state index in [0.29, 0.717) is 18.4 Å². The summed E-state index contributed by atoms with van der Waals surface area (Å²) >= 11 is 0. The van der Waals surface area contributed by atoms with Crippen molar-refractivity contribution in [1.29, 1.82) is 0 Å². The second kappa shape index (κ2) is 21.6. The first kappa shape index (κ1) is 34.6. The Hall–Kier alpha value is -1.42. The fraction of sp³-hybridized carbons (Fsp3) is 0.379. The van der Waals surface area contributed by atoms with Crippen molar-refractivity contribution < 1.29 is 49.3 Å². The normalized spacial score (nSPS) is 11.9. The molecule has 195 valence electrons. The van der Waals surface area contributed by atoms with Gasteiger partial charge in [0.2, 0.25) is 0 Å². The third-order valence-corrected chi connectivity index (χ3v) is 6.60. The molecule has 0 fully saturated rings. The van der Waals surface area contributed by atoms with Crippen molar-refractivity contribution in [2.75, 3.05) is 13.2 Å². The van der Waals surface area contributed by atoms with Crippen LogP contribution in [-0.2, 0) is 39.8 Å². The van der Waals surface area contributed by atoms with Crippen molar-refractivity contribution in [2.24, 2.45) is 0 Å². The minimum atomic E-state index is -3.37. The van der Waals surface area contributed by atoms with Gasteiger partial charge in [-0.3, -0.25) is 4.57 Å². The Labute approximate surface area is 235 Å². The fourth-order valence-electron chi connectivity index (χ4n) is 3.07. The zero-order valence-corrected chi connectivity index (χ0v) is 25.0. The molecule has 3 rings (SSSR count). The second-order valence-corrected chi connectivity index (χ2v) is 9.42. The summed E-state index contributed by atoms with van der Waals surface area (Å²) in [5, 5.41) is 10.3. The molecule has 3 aromatic rings. The number of benzene rings is 1. The maximum absolute atomic E-state index is 13.0. The van der Waals surface area contributed by atoms with Gasteiger partial charge >= 0.3 is 26.2 Å². The predicted octanol–water partition coefficient (Wildman–Crippen LogP) is 8.59. The molecule has 0 aliphatic heterocycles. The molecule has 1 unspecified atom stereocenters. The Morgan fingerprint density at radius 3 is 1.83 bits per heavy atom. The van der Waals surface area contributed by atoms with Crippen molar-refractivity contribution in [3.8, 4) is 0 Å². The summed E-state index contributed by atoms with van der Waals surface area (Å²) < 4.78 is 36.2. The summed E-state index contributed by atoms with van der Waals surface area (Å²) in [7, 11) is -3.37. The number of halogens is 1. The second-order valence-electron chi connectivity index (χ2n) is 7.68. The van der Waals surface area contributed by atoms with Crippen LogP contribution in [-0.4, -0.2) is 18.3 Å². The SMILES string of the molecule is CCCCC(=[C-]P(=O)(OCC)OCC)CCC(O)c1ccc(F)cc1.[Zr+3].c1cc[cH-]c1.c1cc[cH-]c1. The molecule has 1 N–H and O–H groups in total. The van der Waals surface area contributed by atoms with Gasteiger partial charge in [0.05, 0.1) is 19.3 Å². The molecular weight excluding hydrogens is 554 g/mol. The molecule has 3 aromatic carbocycles. The summed E-state index contributed by atoms with van der Waals surface area (Å²) in [4.78, 5) is 0. The third kappa shape index (κ3) is 16.4. The zero-order chi connectivity index (χ0) is 25.8. The summed E-state index contributed by atoms with van der Waals surface area (Å²) in [5.41, 5.74) is 1.50. The zero-order valence-electron chi connectivity index (χ0n) is 21.6. The number of hydrogen-bond acceptors (Lipinski definition) is 4. The molecule has 1 radical (unpaired) electrons. The molecule has 0 spiro atoms. The minimum absolute atomic E-state index is 0. The average molecular weight is 593 g/mol. The number of aliphatic hydroxyl groups excluding tert-OH is 1. The molecule has 0 aliphatic rings. The van der Waals surface area contributed by atoms with Crippen LogP contribution in [0.1, 0.15) is 64.5 Å². The van der Waals surface area contributed by atoms with Crippen LogP contribution in [0, 0.1) is 11.6 Å². The van der Waals surface area contributed by atoms with Gasteiger partial charge in [-0.05, 0) is 38.0 Å². The van der Waals surface area contributed by atoms with Crippen LogP contribution in [0.3, 0.4) is 0 Å². The van der Waals surface area contributed by atoms with E-state index in [9.17, 15) is 14.1 Å². The number of allylic oxidation sites excluding steroid dienone is 1. The minimum Gasteiger partial charge on any atom is -0.388 e. The Morgan fingerprint density at radius 2 is 1.44 bits per heavy atom. The van der Waals surface area contributed by atoms with E-state index in [1.165, 1.54) is 12.1 Å². The van der Waals surface area contributed by atoms with Gasteiger partial charge in [-0.25, -0.2) is 34.2 Å². The molecule has 0 saturated heterocycles. The van der Waals surface area contributed by atoms with Gasteiger partial charge in [0.1, 0.15) is 5.82 Å². The standard InChI is InChI=1S/C19H29FO4P.2C5H5.Zr/c1-4-7-8-16(15-25(22,23-5-2)24-6-3)9-14-19(21)17-10-12-18(20)13-11-17;2*1-2-4-5-3-1;/h10-13,19,21H,4-9,14H2,1-3H3;2*1-5H;/q3*-1;+3. The monoisotopic (exact) mass is 591 g/mol. The number of rotatable bonds is 12. The number of aliphatic hydroxyl groups is 1. The fourth-order valence-corrected chi connectivity index (χ4v) is 4.56. The Kier molecular flexibility index (Phi) is 20.8. The van der Waals surface area contributed by atoms with Crippen molar-refractivity contribution >= 4 is 7.60 Å². The predicted molar refractivity (Wildman–Crippen MR) is 142 cm³/mol. The van der Waals surface area contributed by atoms with Gasteiger partial charge in [0.25, 0.3) is 0 Å². The molecule has 4 nitrogen and oxygen atoms in total. The van der Waals surface area contributed by atoms with Gasteiger partial charge < -0.3 is 20.0 Å². The Balaban J connectivity index is 0.000000908. The molecule has 0 heterocycles. The quantitative estimate of drug-likeness (QED) is 0.169. The molecule has 0 aliphatic carbocycles. The molecule has 0 aromatic heterocycles. The molecule has 36 heavy (non-hydrogen) atoms. The first-order valence-electron chi connectivity index (χ1n) is 12.2. The van der Waals surface area contributed by atoms with Gasteiger partial charge in [-0.1, -0.05) is 44.7 Å². The van der Waals surface area contributed by atoms with Crippen molar-refractivity contribution in [3.05, 3.63) is 108 Å². The van der Waals surface area contributed by atoms with Crippen LogP contribution in [0.5, 0.6) is 0 Å². The van der Waals surface area contributed by atoms with Crippen molar-refractivity contribution in [1.82, 2.24) is 0 Å². The molecule has 0 saturated carbocycles. The maximum Gasteiger partial charge on any atom is 3.00 e. The third-order valence-electron chi connectivity index (χ3n) is 4.81. The van der Waals surface area contributed by atoms with E-state index >= 15 is 0 Å². The smallest absolute Gasteiger partial charge is 0.388 e. The topological polar surface area (TPSA) is 55.8 Å². The summed E-state index contributed by atoms with van der Waals surface area (Å²) in [6.45, 7) is 6.16. The first-order chi connectivity index (χ1) is 16.9. The van der Waals surface area contributed by atoms with Gasteiger partial charge in [0.15, 0.2) is 7.60 Å². The van der Waals surface area contributed by atoms with E-state index < -0.39 is 13.7 Å². The van der Waals surface area contributed by atoms with Crippen LogP contribution < -0.4 is 0 Å². The summed E-state index contributed by atoms with van der Waals surface area (Å²) in [5.74, 6) is 2.61. The van der Waals surface area contributed by atoms with E-state index in [0.717, 1.165) is 24.8 Å². The molecule has 1 atom stereocenters. The largest absolute Gasteiger partial charge is 3.00 e. The number of hydrogen-bond donors (Lipinski definition) is 1. The summed E-state index contributed by atoms with van der Waals surface area (Å²) in [6, 6.07) is 25.8. The molecule has 7 heteroatoms. The molecular formula is C29H39FO4PZr. The molecule has 0 amide bonds. The van der Waals surface area contributed by atoms with Gasteiger partial charge in [0, 0.05) is 0 Å². The van der Waals surface area contributed by atoms with Crippen molar-refractivity contribution in [3.63, 3.8) is 0 Å². The first-order valence-corrected chi connectivity index (χ1v) is 13.8. The van der Waals surface area contributed by atoms with Crippen LogP contribution >= 0.6 is 7.60 Å². The van der Waals surface area contributed by atoms with E-state index in [-0.39, 0.29) is 45.2 Å². The van der Waals surface area contributed by atoms with E-state index in [1.54, 1.807) is 26.0 Å². The van der Waals surface area contributed by atoms with Crippen LogP contribution in [0.25, 0.3) is 0 Å². The Bertz CT molecular complexity index is 854. The van der Waals surface area contributed by atoms with Crippen LogP contribution in [0.4, 0.5) is 4.39 Å². The molecule has 0 bridgehead atoms. The van der Waals surface area contributed by atoms with Crippen LogP contribution in [0.2, 0.25) is 0 Å². The number of unbranched alkanes of at least 4 members (excludes halogenated alkanes) is 1. The summed E-state index contributed by atoms with van der Waals surface area (Å²) in [6.07, 6.45) is 2.93. The van der Waals surface area contributed by atoms with E-state index in [2.05, 4.69) is 12.7 Å². The van der Waals surface area contributed by atoms with Crippen LogP contribution in [0.15, 0.2) is 90.5 Å². The van der Waals surface area contributed by atoms with Gasteiger partial charge in [-0.2, -0.15) is 36.4 Å². The average Bonchev–Trinajstić information content (AvgIpc) is 3.61.